The lowest BCUT2D eigenvalue weighted by molar-refractivity contribution is -0.0498. The second-order valence-electron chi connectivity index (χ2n) is 4.75. The van der Waals surface area contributed by atoms with Crippen LogP contribution in [0.3, 0.4) is 0 Å². The molecule has 0 heterocycles. The molecule has 0 radical (unpaired) electrons. The summed E-state index contributed by atoms with van der Waals surface area (Å²) >= 11 is 3.41. The average molecular weight is 364 g/mol. The van der Waals surface area contributed by atoms with Gasteiger partial charge in [-0.2, -0.15) is 8.78 Å². The summed E-state index contributed by atoms with van der Waals surface area (Å²) in [6, 6.07) is 5.69. The van der Waals surface area contributed by atoms with Crippen molar-refractivity contribution in [2.75, 3.05) is 11.9 Å². The highest BCUT2D eigenvalue weighted by Crippen LogP contribution is 2.15. The first-order chi connectivity index (χ1) is 10.1. The Morgan fingerprint density at radius 1 is 1.29 bits per heavy atom. The fraction of sp³-hybridized carbons (Fsp3) is 0.533. The third-order valence-electron chi connectivity index (χ3n) is 3.11. The van der Waals surface area contributed by atoms with Gasteiger partial charge < -0.3 is 10.1 Å². The molecule has 21 heavy (non-hydrogen) atoms. The number of amides is 1. The third kappa shape index (κ3) is 6.89. The van der Waals surface area contributed by atoms with E-state index >= 15 is 0 Å². The van der Waals surface area contributed by atoms with Crippen LogP contribution >= 0.6 is 15.9 Å². The van der Waals surface area contributed by atoms with E-state index in [0.717, 1.165) is 24.6 Å². The summed E-state index contributed by atoms with van der Waals surface area (Å²) in [5.41, 5.74) is 0.436. The molecule has 1 unspecified atom stereocenters. The Kier molecular flexibility index (Phi) is 8.27. The fourth-order valence-electron chi connectivity index (χ4n) is 2.04. The summed E-state index contributed by atoms with van der Waals surface area (Å²) in [4.78, 5) is 12.0. The minimum absolute atomic E-state index is 0.0460. The number of nitrogens with one attached hydrogen (secondary N) is 1. The van der Waals surface area contributed by atoms with Crippen molar-refractivity contribution in [1.82, 2.24) is 5.32 Å². The lowest BCUT2D eigenvalue weighted by atomic mass is 10.0. The van der Waals surface area contributed by atoms with Crippen LogP contribution in [0.1, 0.15) is 36.5 Å². The van der Waals surface area contributed by atoms with Gasteiger partial charge in [0.05, 0.1) is 0 Å². The number of alkyl halides is 3. The predicted molar refractivity (Wildman–Crippen MR) is 82.2 cm³/mol. The summed E-state index contributed by atoms with van der Waals surface area (Å²) in [6.07, 6.45) is 3.15. The Labute approximate surface area is 132 Å². The quantitative estimate of drug-likeness (QED) is 0.667. The molecule has 1 atom stereocenters. The number of halogens is 3. The molecule has 0 fully saturated rings. The Balaban J connectivity index is 2.50. The second kappa shape index (κ2) is 9.71. The molecule has 1 amide bonds. The van der Waals surface area contributed by atoms with Crippen LogP contribution in [0.4, 0.5) is 8.78 Å². The zero-order valence-corrected chi connectivity index (χ0v) is 13.5. The first kappa shape index (κ1) is 17.9. The highest BCUT2D eigenvalue weighted by molar-refractivity contribution is 9.09. The molecule has 1 rings (SSSR count). The van der Waals surface area contributed by atoms with E-state index in [0.29, 0.717) is 18.0 Å². The Morgan fingerprint density at radius 2 is 1.95 bits per heavy atom. The van der Waals surface area contributed by atoms with Crippen molar-refractivity contribution in [2.24, 2.45) is 5.92 Å². The van der Waals surface area contributed by atoms with Crippen LogP contribution in [0.25, 0.3) is 0 Å². The number of hydrogen-bond donors (Lipinski definition) is 1. The van der Waals surface area contributed by atoms with Gasteiger partial charge >= 0.3 is 6.61 Å². The second-order valence-corrected chi connectivity index (χ2v) is 5.54. The number of ether oxygens (including phenoxy) is 1. The minimum Gasteiger partial charge on any atom is -0.435 e. The van der Waals surface area contributed by atoms with E-state index in [4.69, 9.17) is 0 Å². The molecular formula is C15H20BrF2NO2. The predicted octanol–water partition coefficient (Wildman–Crippen LogP) is 4.22. The summed E-state index contributed by atoms with van der Waals surface area (Å²) in [5, 5.41) is 3.79. The van der Waals surface area contributed by atoms with Gasteiger partial charge in [-0.1, -0.05) is 29.3 Å². The van der Waals surface area contributed by atoms with E-state index < -0.39 is 6.61 Å². The lowest BCUT2D eigenvalue weighted by Crippen LogP contribution is -2.29. The van der Waals surface area contributed by atoms with Crippen molar-refractivity contribution in [3.63, 3.8) is 0 Å². The first-order valence-corrected chi connectivity index (χ1v) is 8.08. The van der Waals surface area contributed by atoms with Crippen LogP contribution < -0.4 is 10.1 Å². The van der Waals surface area contributed by atoms with Crippen molar-refractivity contribution in [3.05, 3.63) is 29.8 Å². The Hall–Kier alpha value is -1.17. The van der Waals surface area contributed by atoms with Crippen LogP contribution in [0, 0.1) is 5.92 Å². The van der Waals surface area contributed by atoms with Gasteiger partial charge in [0.2, 0.25) is 0 Å². The molecule has 0 aliphatic rings. The molecule has 0 saturated carbocycles. The van der Waals surface area contributed by atoms with Crippen LogP contribution in [0.15, 0.2) is 24.3 Å². The standard InChI is InChI=1S/C15H20BrF2NO2/c1-2-3-11(8-9-16)10-19-14(20)12-4-6-13(7-5-12)21-15(17)18/h4-7,11,15H,2-3,8-10H2,1H3,(H,19,20). The molecular weight excluding hydrogens is 344 g/mol. The summed E-state index contributed by atoms with van der Waals surface area (Å²) < 4.78 is 28.3. The van der Waals surface area contributed by atoms with Crippen LogP contribution in [0.2, 0.25) is 0 Å². The SMILES string of the molecule is CCCC(CCBr)CNC(=O)c1ccc(OC(F)F)cc1. The number of hydrogen-bond acceptors (Lipinski definition) is 2. The van der Waals surface area contributed by atoms with Crippen molar-refractivity contribution >= 4 is 21.8 Å². The number of carbonyl (C=O) groups excluding carboxylic acids is 1. The maximum absolute atomic E-state index is 12.0. The zero-order valence-electron chi connectivity index (χ0n) is 12.0. The summed E-state index contributed by atoms with van der Waals surface area (Å²) in [5.74, 6) is 0.290. The molecule has 0 spiro atoms. The van der Waals surface area contributed by atoms with Crippen LogP contribution in [-0.4, -0.2) is 24.4 Å². The molecule has 118 valence electrons. The van der Waals surface area contributed by atoms with Crippen molar-refractivity contribution < 1.29 is 18.3 Å². The fourth-order valence-corrected chi connectivity index (χ4v) is 2.69. The van der Waals surface area contributed by atoms with E-state index in [1.54, 1.807) is 0 Å². The summed E-state index contributed by atoms with van der Waals surface area (Å²) in [6.45, 7) is -0.123. The average Bonchev–Trinajstić information content (AvgIpc) is 2.45. The highest BCUT2D eigenvalue weighted by Gasteiger charge is 2.11. The molecule has 1 aromatic carbocycles. The molecule has 1 aromatic rings. The zero-order chi connectivity index (χ0) is 15.7. The molecule has 0 aliphatic carbocycles. The number of carbonyl (C=O) groups is 1. The summed E-state index contributed by atoms with van der Waals surface area (Å²) in [7, 11) is 0. The maximum Gasteiger partial charge on any atom is 0.387 e. The molecule has 0 aromatic heterocycles. The largest absolute Gasteiger partial charge is 0.435 e. The molecule has 3 nitrogen and oxygen atoms in total. The van der Waals surface area contributed by atoms with Crippen LogP contribution in [-0.2, 0) is 0 Å². The van der Waals surface area contributed by atoms with E-state index in [1.165, 1.54) is 24.3 Å². The van der Waals surface area contributed by atoms with Gasteiger partial charge in [-0.15, -0.1) is 0 Å². The van der Waals surface area contributed by atoms with Gasteiger partial charge in [-0.25, -0.2) is 0 Å². The van der Waals surface area contributed by atoms with Gasteiger partial charge in [-0.05, 0) is 43.0 Å². The maximum atomic E-state index is 12.0. The lowest BCUT2D eigenvalue weighted by Gasteiger charge is -2.15. The Bertz CT molecular complexity index is 420. The van der Waals surface area contributed by atoms with E-state index in [9.17, 15) is 13.6 Å². The Morgan fingerprint density at radius 3 is 2.48 bits per heavy atom. The van der Waals surface area contributed by atoms with Gasteiger partial charge in [0, 0.05) is 17.4 Å². The third-order valence-corrected chi connectivity index (χ3v) is 3.57. The van der Waals surface area contributed by atoms with Gasteiger partial charge in [0.25, 0.3) is 5.91 Å². The van der Waals surface area contributed by atoms with E-state index in [-0.39, 0.29) is 11.7 Å². The van der Waals surface area contributed by atoms with Crippen LogP contribution in [0.5, 0.6) is 5.75 Å². The minimum atomic E-state index is -2.86. The smallest absolute Gasteiger partial charge is 0.387 e. The molecule has 1 N–H and O–H groups in total. The number of benzene rings is 1. The molecule has 0 saturated heterocycles. The van der Waals surface area contributed by atoms with Gasteiger partial charge in [-0.3, -0.25) is 4.79 Å². The molecule has 6 heteroatoms. The van der Waals surface area contributed by atoms with E-state index in [2.05, 4.69) is 32.9 Å². The van der Waals surface area contributed by atoms with Gasteiger partial charge in [0.1, 0.15) is 5.75 Å². The number of rotatable bonds is 9. The first-order valence-electron chi connectivity index (χ1n) is 6.95. The van der Waals surface area contributed by atoms with E-state index in [1.807, 2.05) is 0 Å². The molecule has 0 bridgehead atoms. The highest BCUT2D eigenvalue weighted by atomic mass is 79.9. The van der Waals surface area contributed by atoms with Crippen molar-refractivity contribution in [2.45, 2.75) is 32.8 Å². The topological polar surface area (TPSA) is 38.3 Å². The van der Waals surface area contributed by atoms with Crippen molar-refractivity contribution in [1.29, 1.82) is 0 Å². The molecule has 0 aliphatic heterocycles. The van der Waals surface area contributed by atoms with Crippen molar-refractivity contribution in [3.8, 4) is 5.75 Å². The normalized spacial score (nSPS) is 12.2. The monoisotopic (exact) mass is 363 g/mol. The van der Waals surface area contributed by atoms with Gasteiger partial charge in [0.15, 0.2) is 0 Å².